The van der Waals surface area contributed by atoms with Gasteiger partial charge in [-0.25, -0.2) is 46.1 Å². The maximum absolute atomic E-state index is 15.6. The molecular weight excluding hydrogens is 650 g/mol. The summed E-state index contributed by atoms with van der Waals surface area (Å²) < 4.78 is 100. The van der Waals surface area contributed by atoms with Crippen LogP contribution in [0.1, 0.15) is 58.4 Å². The third kappa shape index (κ3) is 6.29. The molecule has 1 aliphatic rings. The Morgan fingerprint density at radius 3 is 2.51 bits per heavy atom. The molecule has 1 atom stereocenters. The number of carboxylic acid groups (broad SMARTS) is 1. The van der Waals surface area contributed by atoms with Crippen molar-refractivity contribution in [3.8, 4) is 17.1 Å². The van der Waals surface area contributed by atoms with Gasteiger partial charge < -0.3 is 19.1 Å². The number of alkyl halides is 2. The number of carboxylic acids is 1. The lowest BCUT2D eigenvalue weighted by Crippen LogP contribution is -2.27. The lowest BCUT2D eigenvalue weighted by atomic mass is 9.87. The Morgan fingerprint density at radius 1 is 1.09 bits per heavy atom. The van der Waals surface area contributed by atoms with Crippen molar-refractivity contribution >= 4 is 28.3 Å². The minimum absolute atomic E-state index is 0.120. The van der Waals surface area contributed by atoms with Crippen LogP contribution in [0.2, 0.25) is 0 Å². The zero-order valence-electron chi connectivity index (χ0n) is 25.1. The second-order valence-corrected chi connectivity index (χ2v) is 13.0. The number of fused-ring (bicyclic) bond motifs is 1. The maximum Gasteiger partial charge on any atom is 0.335 e. The fourth-order valence-corrected chi connectivity index (χ4v) is 6.21. The number of rotatable bonds is 9. The summed E-state index contributed by atoms with van der Waals surface area (Å²) in [5.41, 5.74) is -1.33. The van der Waals surface area contributed by atoms with Crippen molar-refractivity contribution in [1.82, 2.24) is 19.5 Å². The lowest BCUT2D eigenvalue weighted by Gasteiger charge is -2.28. The molecule has 0 saturated carbocycles. The number of nitrogens with zero attached hydrogens (tertiary/aromatic N) is 4. The van der Waals surface area contributed by atoms with Crippen molar-refractivity contribution in [2.45, 2.75) is 45.8 Å². The number of aromatic nitrogens is 4. The van der Waals surface area contributed by atoms with E-state index >= 15 is 13.2 Å². The van der Waals surface area contributed by atoms with Crippen LogP contribution in [0, 0.1) is 28.7 Å². The highest BCUT2D eigenvalue weighted by molar-refractivity contribution is 7.11. The van der Waals surface area contributed by atoms with E-state index in [2.05, 4.69) is 15.0 Å². The first-order valence-electron chi connectivity index (χ1n) is 14.2. The number of hydrogen-bond acceptors (Lipinski definition) is 7. The number of carbonyl (C=O) groups is 1. The van der Waals surface area contributed by atoms with E-state index in [9.17, 15) is 23.1 Å². The molecule has 47 heavy (non-hydrogen) atoms. The number of hydrogen-bond donors (Lipinski definition) is 1. The first kappa shape index (κ1) is 32.4. The number of aromatic carboxylic acids is 1. The molecule has 1 aliphatic heterocycles. The summed E-state index contributed by atoms with van der Waals surface area (Å²) in [6.45, 7) is 4.72. The van der Waals surface area contributed by atoms with E-state index in [1.165, 1.54) is 6.07 Å². The average molecular weight is 677 g/mol. The smallest absolute Gasteiger partial charge is 0.335 e. The lowest BCUT2D eigenvalue weighted by molar-refractivity contribution is 0.0213. The summed E-state index contributed by atoms with van der Waals surface area (Å²) in [6.07, 6.45) is 0.703. The standard InChI is InChI=1S/C32H26F6N4O4S/c1-31(2)14-45-12-24(31)42-23-8-16(30(43)44)7-21(36)28(23)41-26(42)9-15-6-20(35)17(10-19(15)34)22-5-4-18(33)29(40-22)46-13-27-39-11-25(47-27)32(3,37)38/h4-8,10-11,24H,9,12-14H2,1-3H3,(H,43,44)/t24-/m1/s1. The van der Waals surface area contributed by atoms with Crippen LogP contribution < -0.4 is 4.74 Å². The van der Waals surface area contributed by atoms with Crippen LogP contribution in [0.15, 0.2) is 42.6 Å². The second kappa shape index (κ2) is 11.9. The van der Waals surface area contributed by atoms with Gasteiger partial charge in [0.1, 0.15) is 34.6 Å². The summed E-state index contributed by atoms with van der Waals surface area (Å²) in [6, 6.07) is 5.60. The van der Waals surface area contributed by atoms with Crippen LogP contribution in [0.4, 0.5) is 26.3 Å². The largest absolute Gasteiger partial charge is 0.478 e. The summed E-state index contributed by atoms with van der Waals surface area (Å²) in [5.74, 6) is -8.42. The molecule has 6 rings (SSSR count). The molecule has 246 valence electrons. The molecule has 8 nitrogen and oxygen atoms in total. The number of imidazole rings is 1. The molecule has 0 amide bonds. The molecule has 1 saturated heterocycles. The predicted molar refractivity (Wildman–Crippen MR) is 159 cm³/mol. The van der Waals surface area contributed by atoms with Crippen molar-refractivity contribution < 1.29 is 45.7 Å². The van der Waals surface area contributed by atoms with Crippen LogP contribution in [0.5, 0.6) is 5.88 Å². The van der Waals surface area contributed by atoms with Gasteiger partial charge in [-0.15, -0.1) is 11.3 Å². The Hall–Kier alpha value is -4.50. The molecule has 0 aliphatic carbocycles. The maximum atomic E-state index is 15.6. The van der Waals surface area contributed by atoms with Crippen LogP contribution in [0.3, 0.4) is 0 Å². The Morgan fingerprint density at radius 2 is 1.85 bits per heavy atom. The molecular formula is C32H26F6N4O4S. The molecule has 1 fully saturated rings. The van der Waals surface area contributed by atoms with Gasteiger partial charge in [0.15, 0.2) is 11.6 Å². The Labute approximate surface area is 267 Å². The molecule has 0 spiro atoms. The van der Waals surface area contributed by atoms with E-state index in [4.69, 9.17) is 9.47 Å². The number of ether oxygens (including phenoxy) is 2. The first-order chi connectivity index (χ1) is 22.1. The molecule has 0 bridgehead atoms. The van der Waals surface area contributed by atoms with Crippen LogP contribution in [-0.2, 0) is 23.7 Å². The van der Waals surface area contributed by atoms with E-state index in [0.717, 1.165) is 36.5 Å². The average Bonchev–Trinajstić information content (AvgIpc) is 3.71. The van der Waals surface area contributed by atoms with Crippen LogP contribution in [-0.4, -0.2) is 43.8 Å². The van der Waals surface area contributed by atoms with Gasteiger partial charge in [0.2, 0.25) is 0 Å². The highest BCUT2D eigenvalue weighted by Crippen LogP contribution is 2.41. The van der Waals surface area contributed by atoms with Gasteiger partial charge in [0.25, 0.3) is 11.8 Å². The van der Waals surface area contributed by atoms with Gasteiger partial charge >= 0.3 is 5.97 Å². The minimum Gasteiger partial charge on any atom is -0.478 e. The van der Waals surface area contributed by atoms with Gasteiger partial charge in [-0.3, -0.25) is 0 Å². The molecule has 4 heterocycles. The molecule has 3 aromatic heterocycles. The molecule has 5 aromatic rings. The van der Waals surface area contributed by atoms with E-state index in [1.54, 1.807) is 4.57 Å². The number of pyridine rings is 1. The fourth-order valence-electron chi connectivity index (χ4n) is 5.45. The van der Waals surface area contributed by atoms with E-state index in [-0.39, 0.29) is 68.8 Å². The van der Waals surface area contributed by atoms with E-state index < -0.39 is 52.5 Å². The van der Waals surface area contributed by atoms with Crippen molar-refractivity contribution in [2.24, 2.45) is 5.41 Å². The SMILES string of the molecule is CC(F)(F)c1cnc(COc2nc(-c3cc(F)c(Cc4nc5c(F)cc(C(=O)O)cc5n4[C@@H]4COCC4(C)C)cc3F)ccc2F)s1. The van der Waals surface area contributed by atoms with Crippen molar-refractivity contribution in [2.75, 3.05) is 13.2 Å². The Balaban J connectivity index is 1.33. The Bertz CT molecular complexity index is 2020. The van der Waals surface area contributed by atoms with Gasteiger partial charge in [-0.05, 0) is 42.0 Å². The predicted octanol–water partition coefficient (Wildman–Crippen LogP) is 7.69. The highest BCUT2D eigenvalue weighted by Gasteiger charge is 2.39. The number of benzene rings is 2. The van der Waals surface area contributed by atoms with Crippen molar-refractivity contribution in [1.29, 1.82) is 0 Å². The topological polar surface area (TPSA) is 99.4 Å². The summed E-state index contributed by atoms with van der Waals surface area (Å²) >= 11 is 0.678. The van der Waals surface area contributed by atoms with Gasteiger partial charge in [0, 0.05) is 30.5 Å². The van der Waals surface area contributed by atoms with Gasteiger partial charge in [0.05, 0.1) is 40.9 Å². The molecule has 2 aromatic carbocycles. The van der Waals surface area contributed by atoms with Crippen LogP contribution in [0.25, 0.3) is 22.3 Å². The number of halogens is 6. The van der Waals surface area contributed by atoms with Crippen molar-refractivity contribution in [3.05, 3.63) is 92.7 Å². The summed E-state index contributed by atoms with van der Waals surface area (Å²) in [4.78, 5) is 23.6. The molecule has 1 N–H and O–H groups in total. The number of thiazole rings is 1. The third-order valence-corrected chi connectivity index (χ3v) is 9.07. The third-order valence-electron chi connectivity index (χ3n) is 7.93. The molecule has 15 heteroatoms. The van der Waals surface area contributed by atoms with E-state index in [0.29, 0.717) is 24.9 Å². The quantitative estimate of drug-likeness (QED) is 0.160. The Kier molecular flexibility index (Phi) is 8.24. The summed E-state index contributed by atoms with van der Waals surface area (Å²) in [5, 5.41) is 9.66. The molecule has 0 unspecified atom stereocenters. The highest BCUT2D eigenvalue weighted by atomic mass is 32.1. The van der Waals surface area contributed by atoms with Gasteiger partial charge in [-0.2, -0.15) is 0 Å². The monoisotopic (exact) mass is 676 g/mol. The first-order valence-corrected chi connectivity index (χ1v) is 15.1. The second-order valence-electron chi connectivity index (χ2n) is 11.9. The van der Waals surface area contributed by atoms with Crippen molar-refractivity contribution in [3.63, 3.8) is 0 Å². The normalized spacial score (nSPS) is 16.2. The van der Waals surface area contributed by atoms with Crippen LogP contribution >= 0.6 is 11.3 Å². The zero-order valence-corrected chi connectivity index (χ0v) is 25.9. The summed E-state index contributed by atoms with van der Waals surface area (Å²) in [7, 11) is 0. The van der Waals surface area contributed by atoms with Gasteiger partial charge in [-0.1, -0.05) is 13.8 Å². The minimum atomic E-state index is -3.11. The molecule has 0 radical (unpaired) electrons. The zero-order chi connectivity index (χ0) is 33.8. The van der Waals surface area contributed by atoms with E-state index in [1.807, 2.05) is 13.8 Å². The fraction of sp³-hybridized carbons (Fsp3) is 0.312.